The molecule has 2 nitrogen and oxygen atoms in total. The van der Waals surface area contributed by atoms with E-state index in [1.807, 2.05) is 20.8 Å². The molecule has 0 heterocycles. The van der Waals surface area contributed by atoms with Gasteiger partial charge in [-0.05, 0) is 30.5 Å². The monoisotopic (exact) mass is 316 g/mol. The van der Waals surface area contributed by atoms with Crippen molar-refractivity contribution in [3.8, 4) is 5.75 Å². The quantitative estimate of drug-likeness (QED) is 0.686. The van der Waals surface area contributed by atoms with Crippen molar-refractivity contribution >= 4 is 5.78 Å². The van der Waals surface area contributed by atoms with Crippen LogP contribution in [0.4, 0.5) is 13.2 Å². The zero-order valence-corrected chi connectivity index (χ0v) is 13.5. The summed E-state index contributed by atoms with van der Waals surface area (Å²) in [6.45, 7) is 7.58. The summed E-state index contributed by atoms with van der Waals surface area (Å²) in [6.07, 6.45) is -2.83. The standard InChI is InChI=1S/C17H23F3O2/c1-5-12(6-2)16(4,15(21)7-3)13-9-8-10-14(11-13)22-17(18,19)20/h8-12H,5-7H2,1-4H3. The van der Waals surface area contributed by atoms with Crippen molar-refractivity contribution < 1.29 is 22.7 Å². The van der Waals surface area contributed by atoms with Crippen molar-refractivity contribution in [2.45, 2.75) is 58.7 Å². The molecular weight excluding hydrogens is 293 g/mol. The van der Waals surface area contributed by atoms with E-state index in [1.54, 1.807) is 13.0 Å². The van der Waals surface area contributed by atoms with Gasteiger partial charge in [-0.1, -0.05) is 45.7 Å². The Kier molecular flexibility index (Phi) is 6.03. The van der Waals surface area contributed by atoms with Gasteiger partial charge in [-0.3, -0.25) is 4.79 Å². The number of benzene rings is 1. The van der Waals surface area contributed by atoms with Crippen molar-refractivity contribution in [1.82, 2.24) is 0 Å². The minimum absolute atomic E-state index is 0.0327. The third-order valence-electron chi connectivity index (χ3n) is 4.37. The van der Waals surface area contributed by atoms with Crippen LogP contribution in [-0.2, 0) is 10.2 Å². The van der Waals surface area contributed by atoms with Gasteiger partial charge in [-0.2, -0.15) is 0 Å². The number of alkyl halides is 3. The summed E-state index contributed by atoms with van der Waals surface area (Å²) in [5, 5.41) is 0. The SMILES string of the molecule is CCC(=O)C(C)(c1cccc(OC(F)(F)F)c1)C(CC)CC. The molecule has 0 spiro atoms. The molecule has 1 atom stereocenters. The number of Topliss-reactive ketones (excluding diaryl/α,β-unsaturated/α-hetero) is 1. The minimum Gasteiger partial charge on any atom is -0.406 e. The number of hydrogen-bond acceptors (Lipinski definition) is 2. The molecule has 124 valence electrons. The second kappa shape index (κ2) is 7.16. The van der Waals surface area contributed by atoms with Crippen molar-refractivity contribution in [3.05, 3.63) is 29.8 Å². The molecule has 0 N–H and O–H groups in total. The first kappa shape index (κ1) is 18.5. The van der Waals surface area contributed by atoms with Gasteiger partial charge in [0, 0.05) is 6.42 Å². The van der Waals surface area contributed by atoms with E-state index < -0.39 is 11.8 Å². The predicted octanol–water partition coefficient (Wildman–Crippen LogP) is 5.26. The number of carbonyl (C=O) groups excluding carboxylic acids is 1. The number of halogens is 3. The molecule has 0 saturated heterocycles. The Balaban J connectivity index is 3.32. The van der Waals surface area contributed by atoms with E-state index in [0.29, 0.717) is 12.0 Å². The summed E-state index contributed by atoms with van der Waals surface area (Å²) in [5.41, 5.74) is -0.224. The minimum atomic E-state index is -4.74. The summed E-state index contributed by atoms with van der Waals surface area (Å²) in [6, 6.07) is 5.79. The molecule has 0 bridgehead atoms. The van der Waals surface area contributed by atoms with Gasteiger partial charge in [-0.15, -0.1) is 13.2 Å². The summed E-state index contributed by atoms with van der Waals surface area (Å²) in [5.74, 6) is -0.183. The molecule has 0 saturated carbocycles. The molecule has 0 aliphatic rings. The maximum atomic E-state index is 12.5. The predicted molar refractivity (Wildman–Crippen MR) is 79.8 cm³/mol. The first-order valence-corrected chi connectivity index (χ1v) is 7.58. The number of ether oxygens (including phenoxy) is 1. The molecule has 0 amide bonds. The van der Waals surface area contributed by atoms with Crippen LogP contribution in [0.2, 0.25) is 0 Å². The topological polar surface area (TPSA) is 26.3 Å². The molecule has 1 rings (SSSR count). The molecule has 0 fully saturated rings. The first-order chi connectivity index (χ1) is 10.2. The maximum Gasteiger partial charge on any atom is 0.573 e. The lowest BCUT2D eigenvalue weighted by Crippen LogP contribution is -2.39. The summed E-state index contributed by atoms with van der Waals surface area (Å²) >= 11 is 0. The van der Waals surface area contributed by atoms with E-state index >= 15 is 0 Å². The number of hydrogen-bond donors (Lipinski definition) is 0. The largest absolute Gasteiger partial charge is 0.573 e. The first-order valence-electron chi connectivity index (χ1n) is 7.58. The molecule has 1 unspecified atom stereocenters. The summed E-state index contributed by atoms with van der Waals surface area (Å²) < 4.78 is 41.2. The normalized spacial score (nSPS) is 14.7. The Morgan fingerprint density at radius 2 is 1.77 bits per heavy atom. The number of rotatable bonds is 7. The molecule has 0 aliphatic carbocycles. The van der Waals surface area contributed by atoms with Crippen molar-refractivity contribution in [2.24, 2.45) is 5.92 Å². The molecule has 0 aromatic heterocycles. The van der Waals surface area contributed by atoms with Crippen LogP contribution in [0.5, 0.6) is 5.75 Å². The lowest BCUT2D eigenvalue weighted by Gasteiger charge is -2.36. The molecule has 1 aromatic rings. The molecule has 0 aliphatic heterocycles. The Morgan fingerprint density at radius 1 is 1.18 bits per heavy atom. The average molecular weight is 316 g/mol. The van der Waals surface area contributed by atoms with Gasteiger partial charge in [0.2, 0.25) is 0 Å². The van der Waals surface area contributed by atoms with E-state index in [4.69, 9.17) is 0 Å². The van der Waals surface area contributed by atoms with Crippen LogP contribution >= 0.6 is 0 Å². The van der Waals surface area contributed by atoms with Crippen LogP contribution in [0.25, 0.3) is 0 Å². The van der Waals surface area contributed by atoms with Crippen LogP contribution in [0.3, 0.4) is 0 Å². The van der Waals surface area contributed by atoms with Crippen LogP contribution < -0.4 is 4.74 Å². The number of ketones is 1. The second-order valence-corrected chi connectivity index (χ2v) is 5.57. The smallest absolute Gasteiger partial charge is 0.406 e. The zero-order chi connectivity index (χ0) is 17.0. The molecular formula is C17H23F3O2. The fraction of sp³-hybridized carbons (Fsp3) is 0.588. The molecule has 5 heteroatoms. The van der Waals surface area contributed by atoms with Crippen molar-refractivity contribution in [3.63, 3.8) is 0 Å². The van der Waals surface area contributed by atoms with Crippen LogP contribution in [0, 0.1) is 5.92 Å². The van der Waals surface area contributed by atoms with Gasteiger partial charge >= 0.3 is 6.36 Å². The van der Waals surface area contributed by atoms with Gasteiger partial charge < -0.3 is 4.74 Å². The molecule has 0 radical (unpaired) electrons. The van der Waals surface area contributed by atoms with Gasteiger partial charge in [0.05, 0.1) is 5.41 Å². The highest BCUT2D eigenvalue weighted by Gasteiger charge is 2.40. The third-order valence-corrected chi connectivity index (χ3v) is 4.37. The van der Waals surface area contributed by atoms with E-state index in [9.17, 15) is 18.0 Å². The highest BCUT2D eigenvalue weighted by atomic mass is 19.4. The Morgan fingerprint density at radius 3 is 2.23 bits per heavy atom. The lowest BCUT2D eigenvalue weighted by atomic mass is 9.66. The van der Waals surface area contributed by atoms with E-state index in [-0.39, 0.29) is 17.5 Å². The highest BCUT2D eigenvalue weighted by Crippen LogP contribution is 2.39. The lowest BCUT2D eigenvalue weighted by molar-refractivity contribution is -0.274. The van der Waals surface area contributed by atoms with Gasteiger partial charge in [0.25, 0.3) is 0 Å². The van der Waals surface area contributed by atoms with E-state index in [0.717, 1.165) is 12.8 Å². The van der Waals surface area contributed by atoms with Crippen LogP contribution in [-0.4, -0.2) is 12.1 Å². The summed E-state index contributed by atoms with van der Waals surface area (Å²) in [4.78, 5) is 12.5. The van der Waals surface area contributed by atoms with Gasteiger partial charge in [-0.25, -0.2) is 0 Å². The Labute approximate surface area is 129 Å². The van der Waals surface area contributed by atoms with Crippen molar-refractivity contribution in [2.75, 3.05) is 0 Å². The van der Waals surface area contributed by atoms with Crippen LogP contribution in [0.15, 0.2) is 24.3 Å². The molecule has 22 heavy (non-hydrogen) atoms. The fourth-order valence-electron chi connectivity index (χ4n) is 3.11. The fourth-order valence-corrected chi connectivity index (χ4v) is 3.11. The van der Waals surface area contributed by atoms with Crippen molar-refractivity contribution in [1.29, 1.82) is 0 Å². The third kappa shape index (κ3) is 4.02. The maximum absolute atomic E-state index is 12.5. The average Bonchev–Trinajstić information content (AvgIpc) is 2.45. The van der Waals surface area contributed by atoms with Gasteiger partial charge in [0.1, 0.15) is 11.5 Å². The zero-order valence-electron chi connectivity index (χ0n) is 13.5. The second-order valence-electron chi connectivity index (χ2n) is 5.57. The van der Waals surface area contributed by atoms with E-state index in [2.05, 4.69) is 4.74 Å². The highest BCUT2D eigenvalue weighted by molar-refractivity contribution is 5.90. The molecule has 1 aromatic carbocycles. The number of carbonyl (C=O) groups is 1. The Hall–Kier alpha value is -1.52. The Bertz CT molecular complexity index is 507. The van der Waals surface area contributed by atoms with Crippen LogP contribution in [0.1, 0.15) is 52.5 Å². The van der Waals surface area contributed by atoms with Gasteiger partial charge in [0.15, 0.2) is 0 Å². The van der Waals surface area contributed by atoms with E-state index in [1.165, 1.54) is 18.2 Å². The summed E-state index contributed by atoms with van der Waals surface area (Å²) in [7, 11) is 0.